The van der Waals surface area contributed by atoms with Gasteiger partial charge in [0.25, 0.3) is 0 Å². The molecule has 0 aromatic heterocycles. The SMILES string of the molecule is O=C(C[C@@H]1CCS(=O)(=O)C1)OCc1cc(F)cc2c1O[C@H](c1ccccc1)OC2. The number of carbonyl (C=O) groups excluding carboxylic acids is 1. The first-order valence-corrected chi connectivity index (χ1v) is 11.2. The fourth-order valence-corrected chi connectivity index (χ4v) is 5.51. The van der Waals surface area contributed by atoms with Crippen molar-refractivity contribution in [3.05, 3.63) is 65.0 Å². The highest BCUT2D eigenvalue weighted by Gasteiger charge is 2.30. The van der Waals surface area contributed by atoms with Crippen LogP contribution in [-0.2, 0) is 37.3 Å². The Labute approximate surface area is 168 Å². The summed E-state index contributed by atoms with van der Waals surface area (Å²) in [5.41, 5.74) is 1.79. The average Bonchev–Trinajstić information content (AvgIpc) is 3.04. The third kappa shape index (κ3) is 4.76. The molecule has 1 saturated heterocycles. The first kappa shape index (κ1) is 19.8. The molecule has 2 heterocycles. The lowest BCUT2D eigenvalue weighted by molar-refractivity contribution is -0.146. The van der Waals surface area contributed by atoms with Gasteiger partial charge in [0, 0.05) is 23.1 Å². The highest BCUT2D eigenvalue weighted by atomic mass is 32.2. The topological polar surface area (TPSA) is 78.9 Å². The summed E-state index contributed by atoms with van der Waals surface area (Å²) in [5.74, 6) is -0.629. The molecule has 154 valence electrons. The molecule has 0 bridgehead atoms. The Balaban J connectivity index is 1.44. The Hall–Kier alpha value is -2.45. The van der Waals surface area contributed by atoms with Crippen molar-refractivity contribution in [2.24, 2.45) is 5.92 Å². The molecular weight excluding hydrogens is 399 g/mol. The second kappa shape index (κ2) is 8.12. The summed E-state index contributed by atoms with van der Waals surface area (Å²) >= 11 is 0. The standard InChI is InChI=1S/C21H21FO6S/c22-18-9-16(11-26-19(23)8-14-6-7-29(24,25)13-14)20-17(10-18)12-27-21(28-20)15-4-2-1-3-5-15/h1-5,9-10,14,21H,6-8,11-13H2/t14-,21+/m0/s1. The number of esters is 1. The summed E-state index contributed by atoms with van der Waals surface area (Å²) in [6.07, 6.45) is -0.133. The van der Waals surface area contributed by atoms with Crippen LogP contribution in [0.2, 0.25) is 0 Å². The minimum absolute atomic E-state index is 0.0106. The van der Waals surface area contributed by atoms with Crippen molar-refractivity contribution in [2.75, 3.05) is 11.5 Å². The van der Waals surface area contributed by atoms with Crippen molar-refractivity contribution in [3.63, 3.8) is 0 Å². The fraction of sp³-hybridized carbons (Fsp3) is 0.381. The predicted molar refractivity (Wildman–Crippen MR) is 102 cm³/mol. The number of rotatable bonds is 5. The number of fused-ring (bicyclic) bond motifs is 1. The zero-order valence-corrected chi connectivity index (χ0v) is 16.5. The van der Waals surface area contributed by atoms with E-state index in [0.29, 0.717) is 23.3 Å². The Morgan fingerprint density at radius 3 is 2.72 bits per heavy atom. The lowest BCUT2D eigenvalue weighted by atomic mass is 10.1. The Morgan fingerprint density at radius 1 is 1.21 bits per heavy atom. The van der Waals surface area contributed by atoms with E-state index in [0.717, 1.165) is 5.56 Å². The van der Waals surface area contributed by atoms with E-state index in [2.05, 4.69) is 0 Å². The average molecular weight is 420 g/mol. The molecule has 0 radical (unpaired) electrons. The molecular formula is C21H21FO6S. The molecule has 0 aliphatic carbocycles. The summed E-state index contributed by atoms with van der Waals surface area (Å²) in [6, 6.07) is 12.0. The molecule has 0 unspecified atom stereocenters. The summed E-state index contributed by atoms with van der Waals surface area (Å²) in [7, 11) is -3.05. The van der Waals surface area contributed by atoms with Gasteiger partial charge < -0.3 is 14.2 Å². The van der Waals surface area contributed by atoms with Gasteiger partial charge in [-0.2, -0.15) is 0 Å². The van der Waals surface area contributed by atoms with Gasteiger partial charge in [0.05, 0.1) is 18.1 Å². The van der Waals surface area contributed by atoms with Crippen LogP contribution in [0.1, 0.15) is 35.8 Å². The first-order valence-electron chi connectivity index (χ1n) is 9.40. The van der Waals surface area contributed by atoms with E-state index < -0.39 is 27.9 Å². The third-order valence-electron chi connectivity index (χ3n) is 5.07. The van der Waals surface area contributed by atoms with Crippen LogP contribution in [-0.4, -0.2) is 25.9 Å². The minimum atomic E-state index is -3.05. The normalized spacial score (nSPS) is 22.5. The summed E-state index contributed by atoms with van der Waals surface area (Å²) in [5, 5.41) is 0. The molecule has 0 amide bonds. The van der Waals surface area contributed by atoms with Crippen molar-refractivity contribution in [3.8, 4) is 5.75 Å². The van der Waals surface area contributed by atoms with Gasteiger partial charge in [-0.3, -0.25) is 4.79 Å². The number of hydrogen-bond acceptors (Lipinski definition) is 6. The molecule has 2 aromatic rings. The van der Waals surface area contributed by atoms with E-state index in [1.807, 2.05) is 30.3 Å². The second-order valence-electron chi connectivity index (χ2n) is 7.36. The zero-order chi connectivity index (χ0) is 20.4. The number of benzene rings is 2. The largest absolute Gasteiger partial charge is 0.461 e. The van der Waals surface area contributed by atoms with Gasteiger partial charge in [0.2, 0.25) is 6.29 Å². The van der Waals surface area contributed by atoms with Crippen LogP contribution in [0.3, 0.4) is 0 Å². The molecule has 0 saturated carbocycles. The van der Waals surface area contributed by atoms with Gasteiger partial charge in [-0.25, -0.2) is 12.8 Å². The van der Waals surface area contributed by atoms with Crippen LogP contribution in [0, 0.1) is 11.7 Å². The monoisotopic (exact) mass is 420 g/mol. The Morgan fingerprint density at radius 2 is 2.00 bits per heavy atom. The zero-order valence-electron chi connectivity index (χ0n) is 15.7. The minimum Gasteiger partial charge on any atom is -0.461 e. The molecule has 0 spiro atoms. The van der Waals surface area contributed by atoms with E-state index in [1.54, 1.807) is 0 Å². The van der Waals surface area contributed by atoms with Crippen LogP contribution in [0.25, 0.3) is 0 Å². The lowest BCUT2D eigenvalue weighted by Gasteiger charge is -2.28. The van der Waals surface area contributed by atoms with Crippen molar-refractivity contribution < 1.29 is 31.8 Å². The number of ether oxygens (including phenoxy) is 3. The van der Waals surface area contributed by atoms with E-state index in [-0.39, 0.29) is 37.1 Å². The molecule has 0 N–H and O–H groups in total. The highest BCUT2D eigenvalue weighted by Crippen LogP contribution is 2.37. The summed E-state index contributed by atoms with van der Waals surface area (Å²) in [4.78, 5) is 12.1. The van der Waals surface area contributed by atoms with Gasteiger partial charge in [-0.05, 0) is 24.5 Å². The molecule has 2 aliphatic heterocycles. The first-order chi connectivity index (χ1) is 13.9. The third-order valence-corrected chi connectivity index (χ3v) is 6.90. The summed E-state index contributed by atoms with van der Waals surface area (Å²) < 4.78 is 54.0. The van der Waals surface area contributed by atoms with Crippen molar-refractivity contribution in [1.82, 2.24) is 0 Å². The maximum Gasteiger partial charge on any atom is 0.306 e. The molecule has 4 rings (SSSR count). The quantitative estimate of drug-likeness (QED) is 0.691. The van der Waals surface area contributed by atoms with Gasteiger partial charge in [-0.1, -0.05) is 30.3 Å². The van der Waals surface area contributed by atoms with Gasteiger partial charge >= 0.3 is 5.97 Å². The van der Waals surface area contributed by atoms with Crippen LogP contribution >= 0.6 is 0 Å². The maximum atomic E-state index is 14.0. The molecule has 29 heavy (non-hydrogen) atoms. The second-order valence-corrected chi connectivity index (χ2v) is 9.59. The van der Waals surface area contributed by atoms with Crippen molar-refractivity contribution >= 4 is 15.8 Å². The van der Waals surface area contributed by atoms with Gasteiger partial charge in [-0.15, -0.1) is 0 Å². The van der Waals surface area contributed by atoms with Crippen LogP contribution in [0.4, 0.5) is 4.39 Å². The van der Waals surface area contributed by atoms with E-state index >= 15 is 0 Å². The predicted octanol–water partition coefficient (Wildman–Crippen LogP) is 3.30. The Bertz CT molecular complexity index is 1010. The maximum absolute atomic E-state index is 14.0. The van der Waals surface area contributed by atoms with Crippen molar-refractivity contribution in [1.29, 1.82) is 0 Å². The molecule has 2 aromatic carbocycles. The van der Waals surface area contributed by atoms with Gasteiger partial charge in [0.1, 0.15) is 18.2 Å². The lowest BCUT2D eigenvalue weighted by Crippen LogP contribution is -2.20. The molecule has 2 aliphatic rings. The van der Waals surface area contributed by atoms with Gasteiger partial charge in [0.15, 0.2) is 9.84 Å². The highest BCUT2D eigenvalue weighted by molar-refractivity contribution is 7.91. The molecule has 8 heteroatoms. The number of sulfone groups is 1. The number of carbonyl (C=O) groups is 1. The number of halogens is 1. The molecule has 2 atom stereocenters. The number of hydrogen-bond donors (Lipinski definition) is 0. The summed E-state index contributed by atoms with van der Waals surface area (Å²) in [6.45, 7) is 0.0213. The fourth-order valence-electron chi connectivity index (χ4n) is 3.64. The molecule has 6 nitrogen and oxygen atoms in total. The van der Waals surface area contributed by atoms with Crippen LogP contribution in [0.15, 0.2) is 42.5 Å². The van der Waals surface area contributed by atoms with E-state index in [4.69, 9.17) is 14.2 Å². The molecule has 1 fully saturated rings. The van der Waals surface area contributed by atoms with E-state index in [9.17, 15) is 17.6 Å². The van der Waals surface area contributed by atoms with Crippen LogP contribution < -0.4 is 4.74 Å². The smallest absolute Gasteiger partial charge is 0.306 e. The van der Waals surface area contributed by atoms with E-state index in [1.165, 1.54) is 12.1 Å². The van der Waals surface area contributed by atoms with Crippen LogP contribution in [0.5, 0.6) is 5.75 Å². The Kier molecular flexibility index (Phi) is 5.56. The van der Waals surface area contributed by atoms with Crippen molar-refractivity contribution in [2.45, 2.75) is 32.3 Å².